The Hall–Kier alpha value is -3.89. The van der Waals surface area contributed by atoms with E-state index in [1.54, 1.807) is 0 Å². The summed E-state index contributed by atoms with van der Waals surface area (Å²) in [5.74, 6) is 0.612. The number of benzene rings is 4. The molecule has 0 atom stereocenters. The van der Waals surface area contributed by atoms with Crippen LogP contribution in [0.1, 0.15) is 53.8 Å². The van der Waals surface area contributed by atoms with Gasteiger partial charge in [0.05, 0.1) is 15.2 Å². The monoisotopic (exact) mass is 523 g/mol. The normalized spacial score (nSPS) is 12.0. The molecule has 4 aromatic carbocycles. The molecule has 5 rings (SSSR count). The number of rotatable bonds is 12. The molecule has 1 heterocycles. The van der Waals surface area contributed by atoms with Crippen LogP contribution in [0.2, 0.25) is 0 Å². The molecule has 0 bridgehead atoms. The van der Waals surface area contributed by atoms with Gasteiger partial charge in [0.25, 0.3) is 0 Å². The van der Waals surface area contributed by atoms with Gasteiger partial charge in [0.1, 0.15) is 0 Å². The number of aromatic nitrogens is 2. The van der Waals surface area contributed by atoms with E-state index in [0.29, 0.717) is 5.92 Å². The molecular formula is C35H36BN2Si. The second kappa shape index (κ2) is 13.8. The van der Waals surface area contributed by atoms with Crippen LogP contribution >= 0.6 is 0 Å². The topological polar surface area (TPSA) is 17.8 Å². The molecule has 0 saturated carbocycles. The zero-order valence-electron chi connectivity index (χ0n) is 22.7. The summed E-state index contributed by atoms with van der Waals surface area (Å²) in [6, 6.07) is 43.3. The summed E-state index contributed by atoms with van der Waals surface area (Å²) >= 11 is 0. The van der Waals surface area contributed by atoms with E-state index in [4.69, 9.17) is 4.98 Å². The lowest BCUT2D eigenvalue weighted by Crippen LogP contribution is -2.32. The van der Waals surface area contributed by atoms with Crippen LogP contribution < -0.4 is 5.72 Å². The molecule has 1 radical (unpaired) electrons. The number of hydrogen-bond acceptors (Lipinski definition) is 1. The van der Waals surface area contributed by atoms with Gasteiger partial charge in [0.15, 0.2) is 0 Å². The van der Waals surface area contributed by atoms with Crippen molar-refractivity contribution in [3.8, 4) is 0 Å². The molecule has 193 valence electrons. The lowest BCUT2D eigenvalue weighted by atomic mass is 9.58. The molecule has 4 heteroatoms. The van der Waals surface area contributed by atoms with Gasteiger partial charge in [0.2, 0.25) is 7.28 Å². The van der Waals surface area contributed by atoms with E-state index in [1.807, 2.05) is 6.20 Å². The van der Waals surface area contributed by atoms with E-state index in [0.717, 1.165) is 24.7 Å². The lowest BCUT2D eigenvalue weighted by Gasteiger charge is -2.18. The Morgan fingerprint density at radius 2 is 1.23 bits per heavy atom. The van der Waals surface area contributed by atoms with E-state index in [-0.39, 0.29) is 5.82 Å². The highest BCUT2D eigenvalue weighted by molar-refractivity contribution is 6.54. The summed E-state index contributed by atoms with van der Waals surface area (Å²) in [7, 11) is 1.90. The van der Waals surface area contributed by atoms with Crippen molar-refractivity contribution < 1.29 is 0 Å². The molecule has 0 unspecified atom stereocenters. The molecule has 5 aromatic rings. The van der Waals surface area contributed by atoms with Crippen LogP contribution in [0.15, 0.2) is 145 Å². The maximum Gasteiger partial charge on any atom is 0.215 e. The summed E-state index contributed by atoms with van der Waals surface area (Å²) in [6.45, 7) is 2.31. The smallest absolute Gasteiger partial charge is 0.215 e. The maximum atomic E-state index is 4.74. The first-order chi connectivity index (χ1) is 19.3. The van der Waals surface area contributed by atoms with Crippen LogP contribution in [0.5, 0.6) is 0 Å². The Bertz CT molecular complexity index is 1350. The maximum absolute atomic E-state index is 4.74. The van der Waals surface area contributed by atoms with E-state index in [9.17, 15) is 0 Å². The van der Waals surface area contributed by atoms with Gasteiger partial charge in [0, 0.05) is 24.5 Å². The van der Waals surface area contributed by atoms with Crippen molar-refractivity contribution in [2.45, 2.75) is 37.7 Å². The van der Waals surface area contributed by atoms with Gasteiger partial charge < -0.3 is 4.57 Å². The molecule has 0 aliphatic rings. The van der Waals surface area contributed by atoms with Crippen LogP contribution in [0.25, 0.3) is 0 Å². The van der Waals surface area contributed by atoms with Gasteiger partial charge >= 0.3 is 0 Å². The molecule has 0 aliphatic carbocycles. The highest BCUT2D eigenvalue weighted by atomic mass is 28.2. The quantitative estimate of drug-likeness (QED) is 0.168. The molecule has 2 nitrogen and oxygen atoms in total. The van der Waals surface area contributed by atoms with Crippen molar-refractivity contribution in [2.75, 3.05) is 0 Å². The second-order valence-electron chi connectivity index (χ2n) is 10.2. The van der Waals surface area contributed by atoms with Gasteiger partial charge in [-0.3, -0.25) is 4.98 Å². The zero-order chi connectivity index (χ0) is 26.7. The summed E-state index contributed by atoms with van der Waals surface area (Å²) < 4.78 is 2.34. The van der Waals surface area contributed by atoms with E-state index < -0.39 is 9.52 Å². The molecule has 1 aromatic heterocycles. The molecule has 0 N–H and O–H groups in total. The first-order valence-electron chi connectivity index (χ1n) is 14.0. The SMILES string of the molecule is CC(=C[SiH2]Cn1ccnc1[B]C(c1ccccc1)c1ccccc1)CCC(c1ccccc1)c1ccccc1. The Morgan fingerprint density at radius 3 is 1.74 bits per heavy atom. The van der Waals surface area contributed by atoms with E-state index in [1.165, 1.54) is 27.8 Å². The average molecular weight is 524 g/mol. The van der Waals surface area contributed by atoms with Crippen molar-refractivity contribution in [1.82, 2.24) is 9.55 Å². The third-order valence-electron chi connectivity index (χ3n) is 7.47. The molecule has 0 fully saturated rings. The van der Waals surface area contributed by atoms with Gasteiger partial charge in [-0.1, -0.05) is 127 Å². The number of imidazole rings is 1. The average Bonchev–Trinajstić information content (AvgIpc) is 3.45. The van der Waals surface area contributed by atoms with Crippen LogP contribution in [0, 0.1) is 0 Å². The molecular weight excluding hydrogens is 487 g/mol. The van der Waals surface area contributed by atoms with Crippen LogP contribution in [-0.4, -0.2) is 26.4 Å². The number of hydrogen-bond donors (Lipinski definition) is 0. The molecule has 0 saturated heterocycles. The molecule has 39 heavy (non-hydrogen) atoms. The Balaban J connectivity index is 1.23. The van der Waals surface area contributed by atoms with E-state index in [2.05, 4.69) is 152 Å². The first kappa shape index (κ1) is 26.7. The Labute approximate surface area is 236 Å². The Kier molecular flexibility index (Phi) is 9.43. The predicted octanol–water partition coefficient (Wildman–Crippen LogP) is 6.64. The van der Waals surface area contributed by atoms with Crippen molar-refractivity contribution >= 4 is 22.5 Å². The number of allylic oxidation sites excluding steroid dienone is 1. The number of nitrogens with zero attached hydrogens (tertiary/aromatic N) is 2. The second-order valence-corrected chi connectivity index (χ2v) is 11.6. The van der Waals surface area contributed by atoms with Crippen molar-refractivity contribution in [3.63, 3.8) is 0 Å². The summed E-state index contributed by atoms with van der Waals surface area (Å²) in [6.07, 6.45) is 7.38. The minimum atomic E-state index is -0.416. The fourth-order valence-corrected chi connectivity index (χ4v) is 6.83. The summed E-state index contributed by atoms with van der Waals surface area (Å²) in [5.41, 5.74) is 10.5. The van der Waals surface area contributed by atoms with E-state index >= 15 is 0 Å². The largest absolute Gasteiger partial charge is 0.347 e. The van der Waals surface area contributed by atoms with Crippen LogP contribution in [0.4, 0.5) is 0 Å². The zero-order valence-corrected chi connectivity index (χ0v) is 24.1. The fourth-order valence-electron chi connectivity index (χ4n) is 5.34. The highest BCUT2D eigenvalue weighted by Crippen LogP contribution is 2.30. The lowest BCUT2D eigenvalue weighted by molar-refractivity contribution is 0.711. The third kappa shape index (κ3) is 7.36. The van der Waals surface area contributed by atoms with Crippen molar-refractivity contribution in [3.05, 3.63) is 167 Å². The third-order valence-corrected chi connectivity index (χ3v) is 9.20. The minimum absolute atomic E-state index is 0.181. The van der Waals surface area contributed by atoms with Crippen molar-refractivity contribution in [1.29, 1.82) is 0 Å². The Morgan fingerprint density at radius 1 is 0.744 bits per heavy atom. The molecule has 0 spiro atoms. The van der Waals surface area contributed by atoms with Crippen LogP contribution in [0.3, 0.4) is 0 Å². The van der Waals surface area contributed by atoms with Crippen molar-refractivity contribution in [2.24, 2.45) is 0 Å². The van der Waals surface area contributed by atoms with Gasteiger partial charge in [-0.15, -0.1) is 5.70 Å². The summed E-state index contributed by atoms with van der Waals surface area (Å²) in [4.78, 5) is 4.74. The molecule has 0 aliphatic heterocycles. The predicted molar refractivity (Wildman–Crippen MR) is 169 cm³/mol. The summed E-state index contributed by atoms with van der Waals surface area (Å²) in [5, 5.41) is 0. The van der Waals surface area contributed by atoms with Gasteiger partial charge in [-0.05, 0) is 47.8 Å². The van der Waals surface area contributed by atoms with Gasteiger partial charge in [-0.25, -0.2) is 0 Å². The minimum Gasteiger partial charge on any atom is -0.347 e. The first-order valence-corrected chi connectivity index (χ1v) is 15.8. The van der Waals surface area contributed by atoms with Crippen LogP contribution in [-0.2, 0) is 6.17 Å². The molecule has 0 amide bonds. The van der Waals surface area contributed by atoms with Gasteiger partial charge in [-0.2, -0.15) is 0 Å². The highest BCUT2D eigenvalue weighted by Gasteiger charge is 2.19. The fraction of sp³-hybridized carbons (Fsp3) is 0.171. The standard InChI is InChI=1S/C35H36BN2Si/c1-28(22-23-33(29-14-6-2-7-15-29)30-16-8-3-9-17-30)26-39-27-38-25-24-37-35(38)36-34(31-18-10-4-11-19-31)32-20-12-5-13-21-32/h2-21,24-26,33-34H,22-23,27,39H2,1H3.